The van der Waals surface area contributed by atoms with Gasteiger partial charge < -0.3 is 10.1 Å². The Morgan fingerprint density at radius 3 is 2.48 bits per heavy atom. The largest absolute Gasteiger partial charge is 0.433 e. The van der Waals surface area contributed by atoms with Crippen molar-refractivity contribution in [2.24, 2.45) is 0 Å². The highest BCUT2D eigenvalue weighted by Gasteiger charge is 2.13. The summed E-state index contributed by atoms with van der Waals surface area (Å²) in [7, 11) is 0. The normalized spacial score (nSPS) is 10.3. The molecule has 0 fully saturated rings. The van der Waals surface area contributed by atoms with Gasteiger partial charge in [0.15, 0.2) is 5.11 Å². The van der Waals surface area contributed by atoms with E-state index in [1.807, 2.05) is 0 Å². The van der Waals surface area contributed by atoms with E-state index >= 15 is 0 Å². The van der Waals surface area contributed by atoms with Crippen LogP contribution in [0.15, 0.2) is 48.5 Å². The summed E-state index contributed by atoms with van der Waals surface area (Å²) in [6.07, 6.45) is 0. The van der Waals surface area contributed by atoms with E-state index in [-0.39, 0.29) is 27.1 Å². The number of para-hydroxylation sites is 2. The van der Waals surface area contributed by atoms with Crippen LogP contribution in [0.25, 0.3) is 0 Å². The molecule has 0 radical (unpaired) electrons. The van der Waals surface area contributed by atoms with Crippen molar-refractivity contribution < 1.29 is 18.3 Å². The topological polar surface area (TPSA) is 50.4 Å². The maximum Gasteiger partial charge on any atom is 0.387 e. The number of amides is 1. The summed E-state index contributed by atoms with van der Waals surface area (Å²) in [6.45, 7) is -2.97. The van der Waals surface area contributed by atoms with E-state index in [2.05, 4.69) is 15.4 Å². The van der Waals surface area contributed by atoms with E-state index in [1.165, 1.54) is 24.3 Å². The van der Waals surface area contributed by atoms with Crippen LogP contribution >= 0.6 is 23.8 Å². The van der Waals surface area contributed by atoms with Crippen molar-refractivity contribution in [2.45, 2.75) is 6.61 Å². The van der Waals surface area contributed by atoms with Gasteiger partial charge in [0.25, 0.3) is 5.91 Å². The minimum atomic E-state index is -2.97. The van der Waals surface area contributed by atoms with Crippen molar-refractivity contribution in [1.82, 2.24) is 5.32 Å². The van der Waals surface area contributed by atoms with Crippen molar-refractivity contribution in [3.63, 3.8) is 0 Å². The van der Waals surface area contributed by atoms with Crippen LogP contribution < -0.4 is 15.4 Å². The fourth-order valence-electron chi connectivity index (χ4n) is 1.74. The lowest BCUT2D eigenvalue weighted by atomic mass is 10.2. The van der Waals surface area contributed by atoms with Crippen LogP contribution in [0.5, 0.6) is 5.75 Å². The molecule has 2 N–H and O–H groups in total. The van der Waals surface area contributed by atoms with Crippen LogP contribution in [-0.2, 0) is 0 Å². The predicted octanol–water partition coefficient (Wildman–Crippen LogP) is 4.07. The first kappa shape index (κ1) is 17.1. The van der Waals surface area contributed by atoms with Crippen LogP contribution in [-0.4, -0.2) is 17.6 Å². The summed E-state index contributed by atoms with van der Waals surface area (Å²) >= 11 is 10.9. The minimum absolute atomic E-state index is 0.0692. The van der Waals surface area contributed by atoms with Gasteiger partial charge in [0.2, 0.25) is 0 Å². The van der Waals surface area contributed by atoms with Gasteiger partial charge >= 0.3 is 6.61 Å². The van der Waals surface area contributed by atoms with Gasteiger partial charge in [-0.3, -0.25) is 10.1 Å². The van der Waals surface area contributed by atoms with Crippen molar-refractivity contribution in [3.05, 3.63) is 59.1 Å². The Hall–Kier alpha value is -2.25. The van der Waals surface area contributed by atoms with Crippen molar-refractivity contribution in [1.29, 1.82) is 0 Å². The fraction of sp³-hybridized carbons (Fsp3) is 0.0667. The molecule has 0 aliphatic carbocycles. The molecule has 4 nitrogen and oxygen atoms in total. The first-order valence-corrected chi connectivity index (χ1v) is 7.16. The Morgan fingerprint density at radius 1 is 1.13 bits per heavy atom. The van der Waals surface area contributed by atoms with Gasteiger partial charge in [-0.2, -0.15) is 8.78 Å². The summed E-state index contributed by atoms with van der Waals surface area (Å²) < 4.78 is 29.1. The van der Waals surface area contributed by atoms with Crippen LogP contribution in [0.2, 0.25) is 5.02 Å². The zero-order chi connectivity index (χ0) is 16.8. The quantitative estimate of drug-likeness (QED) is 0.811. The number of thiocarbonyl (C=S) groups is 1. The third-order valence-electron chi connectivity index (χ3n) is 2.70. The van der Waals surface area contributed by atoms with E-state index in [9.17, 15) is 13.6 Å². The second-order valence-electron chi connectivity index (χ2n) is 4.26. The number of alkyl halides is 2. The van der Waals surface area contributed by atoms with Crippen LogP contribution in [0.1, 0.15) is 10.4 Å². The number of nitrogens with one attached hydrogen (secondary N) is 2. The molecule has 0 saturated carbocycles. The molecular formula is C15H11ClF2N2O2S. The van der Waals surface area contributed by atoms with E-state index in [1.54, 1.807) is 24.3 Å². The van der Waals surface area contributed by atoms with Crippen molar-refractivity contribution in [2.75, 3.05) is 5.32 Å². The van der Waals surface area contributed by atoms with Gasteiger partial charge in [0, 0.05) is 0 Å². The SMILES string of the molecule is O=C(NC(=S)Nc1ccccc1OC(F)F)c1ccccc1Cl. The van der Waals surface area contributed by atoms with Gasteiger partial charge in [-0.25, -0.2) is 0 Å². The lowest BCUT2D eigenvalue weighted by Gasteiger charge is -2.14. The molecule has 2 aromatic carbocycles. The molecule has 23 heavy (non-hydrogen) atoms. The molecule has 0 unspecified atom stereocenters. The molecule has 0 aliphatic rings. The molecule has 0 bridgehead atoms. The third kappa shape index (κ3) is 4.87. The minimum Gasteiger partial charge on any atom is -0.433 e. The highest BCUT2D eigenvalue weighted by molar-refractivity contribution is 7.80. The summed E-state index contributed by atoms with van der Waals surface area (Å²) in [4.78, 5) is 12.1. The highest BCUT2D eigenvalue weighted by Crippen LogP contribution is 2.25. The number of carbonyl (C=O) groups is 1. The molecule has 1 amide bonds. The van der Waals surface area contributed by atoms with Crippen LogP contribution in [0.3, 0.4) is 0 Å². The van der Waals surface area contributed by atoms with Crippen LogP contribution in [0.4, 0.5) is 14.5 Å². The van der Waals surface area contributed by atoms with Crippen LogP contribution in [0, 0.1) is 0 Å². The Labute approximate surface area is 141 Å². The molecule has 2 rings (SSSR count). The molecular weight excluding hydrogens is 346 g/mol. The predicted molar refractivity (Wildman–Crippen MR) is 88.2 cm³/mol. The first-order valence-electron chi connectivity index (χ1n) is 6.38. The number of hydrogen-bond acceptors (Lipinski definition) is 3. The molecule has 0 aliphatic heterocycles. The average Bonchev–Trinajstić information content (AvgIpc) is 2.49. The van der Waals surface area contributed by atoms with Gasteiger partial charge in [-0.1, -0.05) is 35.9 Å². The zero-order valence-electron chi connectivity index (χ0n) is 11.6. The van der Waals surface area contributed by atoms with Gasteiger partial charge in [-0.15, -0.1) is 0 Å². The molecule has 2 aromatic rings. The Kier molecular flexibility index (Phi) is 5.84. The monoisotopic (exact) mass is 356 g/mol. The number of hydrogen-bond donors (Lipinski definition) is 2. The zero-order valence-corrected chi connectivity index (χ0v) is 13.1. The van der Waals surface area contributed by atoms with Gasteiger partial charge in [0.1, 0.15) is 5.75 Å². The smallest absolute Gasteiger partial charge is 0.387 e. The van der Waals surface area contributed by atoms with E-state index < -0.39 is 12.5 Å². The van der Waals surface area contributed by atoms with E-state index in [0.29, 0.717) is 0 Å². The maximum absolute atomic E-state index is 12.3. The average molecular weight is 357 g/mol. The molecule has 0 spiro atoms. The maximum atomic E-state index is 12.3. The van der Waals surface area contributed by atoms with Crippen molar-refractivity contribution in [3.8, 4) is 5.75 Å². The number of benzene rings is 2. The summed E-state index contributed by atoms with van der Waals surface area (Å²) in [6, 6.07) is 12.4. The van der Waals surface area contributed by atoms with Gasteiger partial charge in [0.05, 0.1) is 16.3 Å². The number of ether oxygens (including phenoxy) is 1. The number of halogens is 3. The molecule has 8 heteroatoms. The van der Waals surface area contributed by atoms with E-state index in [4.69, 9.17) is 23.8 Å². The number of carbonyl (C=O) groups excluding carboxylic acids is 1. The van der Waals surface area contributed by atoms with E-state index in [0.717, 1.165) is 0 Å². The summed E-state index contributed by atoms with van der Waals surface area (Å²) in [5, 5.41) is 5.26. The molecule has 0 aromatic heterocycles. The summed E-state index contributed by atoms with van der Waals surface area (Å²) in [5.74, 6) is -0.600. The molecule has 0 saturated heterocycles. The number of anilines is 1. The second kappa shape index (κ2) is 7.85. The Bertz CT molecular complexity index is 728. The lowest BCUT2D eigenvalue weighted by Crippen LogP contribution is -2.34. The molecule has 120 valence electrons. The van der Waals surface area contributed by atoms with Gasteiger partial charge in [-0.05, 0) is 36.5 Å². The summed E-state index contributed by atoms with van der Waals surface area (Å²) in [5.41, 5.74) is 0.452. The lowest BCUT2D eigenvalue weighted by molar-refractivity contribution is -0.0493. The van der Waals surface area contributed by atoms with Crippen molar-refractivity contribution >= 4 is 40.5 Å². The third-order valence-corrected chi connectivity index (χ3v) is 3.23. The fourth-order valence-corrected chi connectivity index (χ4v) is 2.16. The highest BCUT2D eigenvalue weighted by atomic mass is 35.5. The molecule has 0 heterocycles. The first-order chi connectivity index (χ1) is 11.0. The Morgan fingerprint density at radius 2 is 1.78 bits per heavy atom. The molecule has 0 atom stereocenters. The second-order valence-corrected chi connectivity index (χ2v) is 5.08. The Balaban J connectivity index is 2.06. The number of rotatable bonds is 4. The standard InChI is InChI=1S/C15H11ClF2N2O2S/c16-10-6-2-1-5-9(10)13(21)20-15(23)19-11-7-3-4-8-12(11)22-14(17)18/h1-8,14H,(H2,19,20,21,23).